The third-order valence-corrected chi connectivity index (χ3v) is 17.0. The van der Waals surface area contributed by atoms with E-state index < -0.39 is 23.9 Å². The van der Waals surface area contributed by atoms with Gasteiger partial charge in [-0.05, 0) is 106 Å². The number of anilines is 2. The zero-order valence-electron chi connectivity index (χ0n) is 76.4. The molecule has 0 unspecified atom stereocenters. The van der Waals surface area contributed by atoms with Crippen LogP contribution < -0.4 is 21.2 Å². The zero-order chi connectivity index (χ0) is 89.9. The van der Waals surface area contributed by atoms with E-state index in [1.807, 2.05) is 302 Å². The Balaban J connectivity index is -0.000000418. The molecular formula is C97H146N7O12+. The second kappa shape index (κ2) is 58.8. The largest absolute Gasteiger partial charge is 0.483 e. The van der Waals surface area contributed by atoms with Gasteiger partial charge in [-0.1, -0.05) is 317 Å². The molecule has 0 amide bonds. The molecule has 0 bridgehead atoms. The van der Waals surface area contributed by atoms with Crippen molar-refractivity contribution in [3.63, 3.8) is 0 Å². The highest BCUT2D eigenvalue weighted by Crippen LogP contribution is 2.57. The SMILES string of the molecule is CC.CC.CC.CC.CC.CC.CC.CC.CC.CC.CC.CC.CC1(C)C/C(=N\Nc2ccccc2)c2cccc(C(=O)O)c21.CC1(C)CC(=O)c2cccc(C(=O)O)c21.CC1(C)c2c(C(=O)O)cccc2-c2[nH]c3ccccc3c21.Cn1c2c(c3ccccc31)[N+](C)(C)c1c(C(=O)O)cccc1-2.NNc1ccccc1.O.O=CO. The van der Waals surface area contributed by atoms with Gasteiger partial charge in [-0.15, -0.1) is 0 Å². The predicted octanol–water partition coefficient (Wildman–Crippen LogP) is 26.2. The molecule has 4 aliphatic rings. The number of nitrogens with one attached hydrogen (secondary N) is 3. The van der Waals surface area contributed by atoms with E-state index in [9.17, 15) is 39.3 Å². The molecule has 116 heavy (non-hydrogen) atoms. The van der Waals surface area contributed by atoms with Gasteiger partial charge in [0.1, 0.15) is 11.3 Å². The van der Waals surface area contributed by atoms with Crippen LogP contribution in [0.1, 0.15) is 300 Å². The molecule has 14 rings (SSSR count). The van der Waals surface area contributed by atoms with Gasteiger partial charge in [0, 0.05) is 58.6 Å². The van der Waals surface area contributed by atoms with Crippen LogP contribution in [-0.2, 0) is 28.1 Å². The summed E-state index contributed by atoms with van der Waals surface area (Å²) in [5.74, 6) is 1.55. The first-order chi connectivity index (χ1) is 55.2. The molecule has 19 heteroatoms. The molecule has 0 fully saturated rings. The topological polar surface area (TPSA) is 318 Å². The molecule has 8 aromatic carbocycles. The number of aromatic nitrogens is 2. The molecule has 0 atom stereocenters. The van der Waals surface area contributed by atoms with E-state index in [1.54, 1.807) is 42.5 Å². The number of hydrogen-bond donors (Lipinski definition) is 9. The third kappa shape index (κ3) is 27.9. The van der Waals surface area contributed by atoms with Crippen LogP contribution >= 0.6 is 0 Å². The van der Waals surface area contributed by atoms with Crippen molar-refractivity contribution in [2.24, 2.45) is 18.0 Å². The van der Waals surface area contributed by atoms with Gasteiger partial charge in [0.05, 0.1) is 64.3 Å². The molecule has 3 aliphatic carbocycles. The van der Waals surface area contributed by atoms with Crippen LogP contribution in [0.3, 0.4) is 0 Å². The number of fused-ring (bicyclic) bond motifs is 12. The summed E-state index contributed by atoms with van der Waals surface area (Å²) < 4.78 is 2.62. The second-order valence-electron chi connectivity index (χ2n) is 24.6. The van der Waals surface area contributed by atoms with Gasteiger partial charge >= 0.3 is 23.9 Å². The van der Waals surface area contributed by atoms with Crippen molar-refractivity contribution in [2.45, 2.75) is 237 Å². The lowest BCUT2D eigenvalue weighted by molar-refractivity contribution is -0.122. The number of aromatic carboxylic acids is 4. The van der Waals surface area contributed by atoms with Crippen molar-refractivity contribution in [2.75, 3.05) is 24.9 Å². The molecule has 0 spiro atoms. The van der Waals surface area contributed by atoms with Crippen molar-refractivity contribution in [3.05, 3.63) is 238 Å². The summed E-state index contributed by atoms with van der Waals surface area (Å²) in [6, 6.07) is 57.1. The number of hydrogen-bond acceptors (Lipinski definition) is 10. The van der Waals surface area contributed by atoms with Crippen molar-refractivity contribution >= 4 is 86.4 Å². The number of H-pyrrole nitrogens is 1. The highest BCUT2D eigenvalue weighted by atomic mass is 16.4. The van der Waals surface area contributed by atoms with Crippen LogP contribution in [0.15, 0.2) is 187 Å². The molecule has 3 heterocycles. The monoisotopic (exact) mass is 1600 g/mol. The summed E-state index contributed by atoms with van der Waals surface area (Å²) in [5, 5.41) is 51.3. The average Bonchev–Trinajstić information content (AvgIpc) is 1.54. The Hall–Kier alpha value is -11.0. The normalized spacial score (nSPS) is 12.4. The van der Waals surface area contributed by atoms with Crippen LogP contribution in [-0.4, -0.2) is 96.5 Å². The number of carboxylic acids is 4. The molecule has 1 aliphatic heterocycles. The maximum atomic E-state index is 11.7. The first-order valence-electron chi connectivity index (χ1n) is 41.2. The van der Waals surface area contributed by atoms with Gasteiger partial charge in [-0.2, -0.15) is 5.10 Å². The fraction of sp³-hybridized carbons (Fsp3) is 0.392. The smallest absolute Gasteiger partial charge is 0.341 e. The van der Waals surface area contributed by atoms with Crippen LogP contribution in [0.2, 0.25) is 0 Å². The lowest BCUT2D eigenvalue weighted by Crippen LogP contribution is -2.33. The first kappa shape index (κ1) is 114. The average molecular weight is 1600 g/mol. The molecule has 640 valence electrons. The van der Waals surface area contributed by atoms with Gasteiger partial charge in [-0.3, -0.25) is 25.3 Å². The maximum Gasteiger partial charge on any atom is 0.341 e. The molecule has 0 saturated heterocycles. The third-order valence-electron chi connectivity index (χ3n) is 17.0. The number of benzene rings is 8. The van der Waals surface area contributed by atoms with Crippen molar-refractivity contribution < 1.29 is 59.8 Å². The van der Waals surface area contributed by atoms with Gasteiger partial charge in [-0.25, -0.2) is 19.2 Å². The number of rotatable bonds is 7. The van der Waals surface area contributed by atoms with E-state index in [4.69, 9.17) is 20.9 Å². The quantitative estimate of drug-likeness (QED) is 0.0310. The van der Waals surface area contributed by atoms with E-state index in [0.717, 1.165) is 67.5 Å². The Morgan fingerprint density at radius 2 is 0.793 bits per heavy atom. The second-order valence-corrected chi connectivity index (χ2v) is 24.6. The standard InChI is InChI=1S/C18H16N2O2.C18H18N2O2.C18H15NO2.C12H12O3.C6H8N2.12C2H6.CH2O2.H2O/c1-19-14-10-5-4-7-11(14)17-15(19)12-8-6-9-13(18(21)22)16(12)20(17,2)3;1-18(2)11-15(20-19-12-7-4-3-5-8-12)13-9-6-10-14(16(13)18)17(21)22;1-18(2)14-11(7-5-8-12(14)17(20)21)16-15(18)10-6-3-4-9-13(10)19-16;1-12(2)6-9(13)7-4-3-5-8(10(7)12)11(14)15;7-8-6-4-2-1-3-5-6;12*1-2;2-1-3;/h4-10H,1-3H3;3-10,19H,11H2,1-2H3,(H,21,22);3-9,19H,1-2H3,(H,20,21);3-5H,6H2,1-2H3,(H,14,15);1-5,8H,7H2;12*1-2H3;1H,(H,2,3);1H2/p+1/b;20-15+;;;;;;;;;;;;;;;;;. The van der Waals surface area contributed by atoms with Crippen LogP contribution in [0.5, 0.6) is 0 Å². The summed E-state index contributed by atoms with van der Waals surface area (Å²) in [7, 11) is 6.16. The molecule has 10 aromatic rings. The van der Waals surface area contributed by atoms with E-state index in [1.165, 1.54) is 27.5 Å². The summed E-state index contributed by atoms with van der Waals surface area (Å²) in [5.41, 5.74) is 22.4. The van der Waals surface area contributed by atoms with Gasteiger partial charge in [0.15, 0.2) is 17.2 Å². The Bertz CT molecular complexity index is 4530. The highest BCUT2D eigenvalue weighted by molar-refractivity contribution is 6.13. The zero-order valence-corrected chi connectivity index (χ0v) is 76.4. The first-order valence-corrected chi connectivity index (χ1v) is 41.2. The van der Waals surface area contributed by atoms with E-state index in [2.05, 4.69) is 91.6 Å². The number of Topliss-reactive ketones (excluding diaryl/α,β-unsaturated/α-hetero) is 1. The number of aromatic amines is 1. The molecule has 0 saturated carbocycles. The number of nitrogen functional groups attached to an aromatic ring is 1. The maximum absolute atomic E-state index is 11.7. The predicted molar refractivity (Wildman–Crippen MR) is 497 cm³/mol. The number of aryl methyl sites for hydroxylation is 1. The minimum atomic E-state index is -0.963. The summed E-state index contributed by atoms with van der Waals surface area (Å²) in [6.07, 6.45) is 1.11. The van der Waals surface area contributed by atoms with E-state index >= 15 is 0 Å². The van der Waals surface area contributed by atoms with Gasteiger partial charge in [0.2, 0.25) is 0 Å². The van der Waals surface area contributed by atoms with E-state index in [0.29, 0.717) is 45.1 Å². The van der Waals surface area contributed by atoms with E-state index in [-0.39, 0.29) is 39.5 Å². The van der Waals surface area contributed by atoms with Crippen molar-refractivity contribution in [1.29, 1.82) is 0 Å². The number of carbonyl (C=O) groups excluding carboxylic acids is 1. The number of carbonyl (C=O) groups is 6. The number of quaternary nitrogens is 1. The molecule has 12 N–H and O–H groups in total. The Morgan fingerprint density at radius 1 is 0.440 bits per heavy atom. The van der Waals surface area contributed by atoms with Gasteiger partial charge in [0.25, 0.3) is 6.47 Å². The molecule has 0 radical (unpaired) electrons. The number of hydrazine groups is 1. The Kier molecular flexibility index (Phi) is 57.6. The number of hydrazone groups is 1. The number of para-hydroxylation sites is 5. The van der Waals surface area contributed by atoms with Crippen molar-refractivity contribution in [1.82, 2.24) is 14.0 Å². The lowest BCUT2D eigenvalue weighted by atomic mass is 9.79. The van der Waals surface area contributed by atoms with Crippen LogP contribution in [0, 0.1) is 0 Å². The van der Waals surface area contributed by atoms with Crippen LogP contribution in [0.25, 0.3) is 44.3 Å². The highest BCUT2D eigenvalue weighted by Gasteiger charge is 2.46. The molecule has 19 nitrogen and oxygen atoms in total. The van der Waals surface area contributed by atoms with Crippen molar-refractivity contribution in [3.8, 4) is 22.5 Å². The Labute approximate surface area is 696 Å². The minimum Gasteiger partial charge on any atom is -0.483 e. The fourth-order valence-electron chi connectivity index (χ4n) is 13.5. The number of nitrogens with two attached hydrogens (primary N) is 1. The Morgan fingerprint density at radius 3 is 1.22 bits per heavy atom. The molecule has 2 aromatic heterocycles. The summed E-state index contributed by atoms with van der Waals surface area (Å²) >= 11 is 0. The summed E-state index contributed by atoms with van der Waals surface area (Å²) in [6.45, 7) is 59.9. The molecular weight excluding hydrogens is 1460 g/mol. The number of nitrogens with zero attached hydrogens (tertiary/aromatic N) is 3. The van der Waals surface area contributed by atoms with Crippen LogP contribution in [0.4, 0.5) is 22.7 Å². The lowest BCUT2D eigenvalue weighted by Gasteiger charge is -2.25. The fourth-order valence-corrected chi connectivity index (χ4v) is 13.5. The summed E-state index contributed by atoms with van der Waals surface area (Å²) in [4.78, 5) is 69.2. The number of ketones is 1. The van der Waals surface area contributed by atoms with Gasteiger partial charge < -0.3 is 46.0 Å². The number of carboxylic acid groups (broad SMARTS) is 5. The minimum absolute atomic E-state index is 0.